The average molecular weight is 536 g/mol. The van der Waals surface area contributed by atoms with Crippen molar-refractivity contribution >= 4 is 41.3 Å². The van der Waals surface area contributed by atoms with Gasteiger partial charge in [0.2, 0.25) is 0 Å². The number of methoxy groups -OCH3 is 1. The summed E-state index contributed by atoms with van der Waals surface area (Å²) < 4.78 is 7.08. The molecule has 0 fully saturated rings. The second-order valence-electron chi connectivity index (χ2n) is 6.72. The minimum Gasteiger partial charge on any atom is -0.385 e. The highest BCUT2D eigenvalue weighted by molar-refractivity contribution is 14.0. The molecule has 0 spiro atoms. The zero-order valence-corrected chi connectivity index (χ0v) is 21.0. The number of aliphatic imine (C=N–C) groups is 1. The van der Waals surface area contributed by atoms with Crippen molar-refractivity contribution < 1.29 is 4.74 Å². The normalized spacial score (nSPS) is 11.6. The number of aromatic nitrogens is 3. The fourth-order valence-electron chi connectivity index (χ4n) is 2.63. The smallest absolute Gasteiger partial charge is 0.191 e. The molecule has 2 aromatic heterocycles. The van der Waals surface area contributed by atoms with Gasteiger partial charge in [-0.15, -0.1) is 45.5 Å². The third-order valence-corrected chi connectivity index (χ3v) is 5.42. The van der Waals surface area contributed by atoms with Gasteiger partial charge >= 0.3 is 0 Å². The molecule has 0 saturated heterocycles. The minimum absolute atomic E-state index is 0. The average Bonchev–Trinajstić information content (AvgIpc) is 3.30. The number of nitrogens with zero attached hydrogens (tertiary/aromatic N) is 5. The Labute approximate surface area is 195 Å². The fourth-order valence-corrected chi connectivity index (χ4v) is 3.34. The molecule has 164 valence electrons. The lowest BCUT2D eigenvalue weighted by Gasteiger charge is -2.18. The molecule has 0 aliphatic rings. The standard InChI is InChI=1S/C19H33N7OS.HI/c1-16-23-24-18(26(16)3)15-22-19(20-9-8-17-7-5-14-28-17)21-10-12-25(2)11-6-13-27-4;/h5,7,14H,6,8-13,15H2,1-4H3,(H2,20,21,22);1H. The van der Waals surface area contributed by atoms with Gasteiger partial charge in [-0.3, -0.25) is 0 Å². The lowest BCUT2D eigenvalue weighted by molar-refractivity contribution is 0.180. The van der Waals surface area contributed by atoms with Crippen molar-refractivity contribution in [2.75, 3.05) is 46.9 Å². The second-order valence-corrected chi connectivity index (χ2v) is 7.75. The van der Waals surface area contributed by atoms with Gasteiger partial charge in [-0.05, 0) is 38.3 Å². The molecule has 2 N–H and O–H groups in total. The Morgan fingerprint density at radius 2 is 2.07 bits per heavy atom. The minimum atomic E-state index is 0. The van der Waals surface area contributed by atoms with E-state index < -0.39 is 0 Å². The Bertz CT molecular complexity index is 705. The number of ether oxygens (including phenoxy) is 1. The number of rotatable bonds is 12. The lowest BCUT2D eigenvalue weighted by Crippen LogP contribution is -2.42. The maximum Gasteiger partial charge on any atom is 0.191 e. The molecule has 0 amide bonds. The summed E-state index contributed by atoms with van der Waals surface area (Å²) in [5.74, 6) is 2.55. The van der Waals surface area contributed by atoms with E-state index >= 15 is 0 Å². The molecule has 0 saturated carbocycles. The molecule has 0 unspecified atom stereocenters. The van der Waals surface area contributed by atoms with Crippen molar-refractivity contribution in [3.8, 4) is 0 Å². The molecule has 0 radical (unpaired) electrons. The zero-order valence-electron chi connectivity index (χ0n) is 17.8. The summed E-state index contributed by atoms with van der Waals surface area (Å²) in [6.07, 6.45) is 2.02. The first-order valence-corrected chi connectivity index (χ1v) is 10.5. The monoisotopic (exact) mass is 535 g/mol. The van der Waals surface area contributed by atoms with Crippen LogP contribution in [0.4, 0.5) is 0 Å². The van der Waals surface area contributed by atoms with E-state index in [0.717, 1.165) is 63.2 Å². The SMILES string of the molecule is COCCCN(C)CCNC(=NCc1nnc(C)n1C)NCCc1cccs1.I. The second kappa shape index (κ2) is 14.7. The van der Waals surface area contributed by atoms with Gasteiger partial charge < -0.3 is 24.8 Å². The van der Waals surface area contributed by atoms with Crippen LogP contribution in [0.1, 0.15) is 22.9 Å². The van der Waals surface area contributed by atoms with Crippen molar-refractivity contribution in [3.63, 3.8) is 0 Å². The van der Waals surface area contributed by atoms with Crippen LogP contribution in [0, 0.1) is 6.92 Å². The molecule has 2 heterocycles. The molecule has 29 heavy (non-hydrogen) atoms. The van der Waals surface area contributed by atoms with Crippen LogP contribution < -0.4 is 10.6 Å². The van der Waals surface area contributed by atoms with Crippen LogP contribution in [-0.4, -0.2) is 72.6 Å². The summed E-state index contributed by atoms with van der Waals surface area (Å²) in [5.41, 5.74) is 0. The number of thiophene rings is 1. The van der Waals surface area contributed by atoms with Crippen molar-refractivity contribution in [3.05, 3.63) is 34.0 Å². The first kappa shape index (κ1) is 25.8. The van der Waals surface area contributed by atoms with E-state index in [1.807, 2.05) is 18.5 Å². The highest BCUT2D eigenvalue weighted by atomic mass is 127. The maximum atomic E-state index is 5.11. The Morgan fingerprint density at radius 1 is 1.28 bits per heavy atom. The van der Waals surface area contributed by atoms with E-state index in [0.29, 0.717) is 6.54 Å². The summed E-state index contributed by atoms with van der Waals surface area (Å²) in [7, 11) is 5.83. The summed E-state index contributed by atoms with van der Waals surface area (Å²) in [6.45, 7) is 6.86. The predicted octanol–water partition coefficient (Wildman–Crippen LogP) is 2.05. The molecular weight excluding hydrogens is 501 g/mol. The molecule has 8 nitrogen and oxygen atoms in total. The number of aryl methyl sites for hydroxylation is 1. The van der Waals surface area contributed by atoms with Crippen LogP contribution in [0.2, 0.25) is 0 Å². The van der Waals surface area contributed by atoms with E-state index in [-0.39, 0.29) is 24.0 Å². The van der Waals surface area contributed by atoms with Crippen LogP contribution in [0.15, 0.2) is 22.5 Å². The number of halogens is 1. The van der Waals surface area contributed by atoms with Crippen molar-refractivity contribution in [2.45, 2.75) is 26.3 Å². The van der Waals surface area contributed by atoms with Crippen LogP contribution in [0.25, 0.3) is 0 Å². The molecule has 0 aliphatic carbocycles. The third-order valence-electron chi connectivity index (χ3n) is 4.48. The Morgan fingerprint density at radius 3 is 2.72 bits per heavy atom. The van der Waals surface area contributed by atoms with E-state index in [4.69, 9.17) is 9.73 Å². The number of guanidine groups is 1. The largest absolute Gasteiger partial charge is 0.385 e. The number of hydrogen-bond donors (Lipinski definition) is 2. The molecule has 0 aliphatic heterocycles. The third kappa shape index (κ3) is 9.87. The van der Waals surface area contributed by atoms with Crippen LogP contribution in [0.3, 0.4) is 0 Å². The van der Waals surface area contributed by atoms with Gasteiger partial charge in [-0.1, -0.05) is 6.07 Å². The fraction of sp³-hybridized carbons (Fsp3) is 0.632. The molecule has 0 bridgehead atoms. The van der Waals surface area contributed by atoms with Crippen LogP contribution >= 0.6 is 35.3 Å². The molecule has 2 aromatic rings. The summed E-state index contributed by atoms with van der Waals surface area (Å²) >= 11 is 1.78. The van der Waals surface area contributed by atoms with E-state index in [9.17, 15) is 0 Å². The lowest BCUT2D eigenvalue weighted by atomic mass is 10.3. The molecule has 10 heteroatoms. The zero-order chi connectivity index (χ0) is 20.2. The van der Waals surface area contributed by atoms with Gasteiger partial charge in [0, 0.05) is 51.8 Å². The summed E-state index contributed by atoms with van der Waals surface area (Å²) in [6, 6.07) is 4.25. The highest BCUT2D eigenvalue weighted by Crippen LogP contribution is 2.08. The number of likely N-dealkylation sites (N-methyl/N-ethyl adjacent to an activating group) is 1. The van der Waals surface area contributed by atoms with Crippen LogP contribution in [0.5, 0.6) is 0 Å². The first-order chi connectivity index (χ1) is 13.6. The summed E-state index contributed by atoms with van der Waals surface area (Å²) in [5, 5.41) is 17.3. The van der Waals surface area contributed by atoms with Gasteiger partial charge in [0.1, 0.15) is 12.4 Å². The summed E-state index contributed by atoms with van der Waals surface area (Å²) in [4.78, 5) is 8.36. The van der Waals surface area contributed by atoms with E-state index in [2.05, 4.69) is 50.3 Å². The van der Waals surface area contributed by atoms with Gasteiger partial charge in [0.25, 0.3) is 0 Å². The Kier molecular flexibility index (Phi) is 13.1. The first-order valence-electron chi connectivity index (χ1n) is 9.67. The Balaban J connectivity index is 0.00000420. The molecular formula is C19H34IN7OS. The van der Waals surface area contributed by atoms with E-state index in [1.54, 1.807) is 18.4 Å². The van der Waals surface area contributed by atoms with E-state index in [1.165, 1.54) is 4.88 Å². The number of nitrogens with one attached hydrogen (secondary N) is 2. The van der Waals surface area contributed by atoms with Crippen molar-refractivity contribution in [1.82, 2.24) is 30.3 Å². The Hall–Kier alpha value is -1.24. The topological polar surface area (TPSA) is 79.6 Å². The van der Waals surface area contributed by atoms with Crippen molar-refractivity contribution in [1.29, 1.82) is 0 Å². The molecule has 0 aromatic carbocycles. The maximum absolute atomic E-state index is 5.11. The predicted molar refractivity (Wildman–Crippen MR) is 130 cm³/mol. The highest BCUT2D eigenvalue weighted by Gasteiger charge is 2.06. The molecule has 2 rings (SSSR count). The van der Waals surface area contributed by atoms with Gasteiger partial charge in [0.15, 0.2) is 11.8 Å². The van der Waals surface area contributed by atoms with Gasteiger partial charge in [-0.25, -0.2) is 4.99 Å². The van der Waals surface area contributed by atoms with Gasteiger partial charge in [-0.2, -0.15) is 0 Å². The van der Waals surface area contributed by atoms with Crippen molar-refractivity contribution in [2.24, 2.45) is 12.0 Å². The quantitative estimate of drug-likeness (QED) is 0.188. The molecule has 0 atom stereocenters. The van der Waals surface area contributed by atoms with Crippen LogP contribution in [-0.2, 0) is 24.8 Å². The number of hydrogen-bond acceptors (Lipinski definition) is 6. The van der Waals surface area contributed by atoms with Gasteiger partial charge in [0.05, 0.1) is 0 Å².